The lowest BCUT2D eigenvalue weighted by Gasteiger charge is -2.10. The second kappa shape index (κ2) is 6.65. The molecule has 0 aromatic heterocycles. The van der Waals surface area contributed by atoms with Crippen LogP contribution in [0.3, 0.4) is 0 Å². The number of rotatable bonds is 5. The lowest BCUT2D eigenvalue weighted by Crippen LogP contribution is -2.29. The molecule has 1 atom stereocenters. The lowest BCUT2D eigenvalue weighted by atomic mass is 10.1. The summed E-state index contributed by atoms with van der Waals surface area (Å²) in [4.78, 5) is 11.6. The summed E-state index contributed by atoms with van der Waals surface area (Å²) in [5.41, 5.74) is 2.02. The van der Waals surface area contributed by atoms with E-state index in [0.717, 1.165) is 16.9 Å². The summed E-state index contributed by atoms with van der Waals surface area (Å²) in [6, 6.07) is 7.73. The summed E-state index contributed by atoms with van der Waals surface area (Å²) in [5.74, 6) is 0.0475. The smallest absolute Gasteiger partial charge is 0.237 e. The molecule has 0 aliphatic heterocycles. The number of methoxy groups -OCH3 is 1. The first-order chi connectivity index (χ1) is 8.62. The number of nitrogens with one attached hydrogen (secondary N) is 1. The van der Waals surface area contributed by atoms with Crippen LogP contribution in [-0.4, -0.2) is 13.0 Å². The number of nitrogens with zero attached hydrogens (tertiary/aromatic N) is 1. The van der Waals surface area contributed by atoms with Gasteiger partial charge in [0.25, 0.3) is 0 Å². The van der Waals surface area contributed by atoms with E-state index < -0.39 is 5.92 Å². The van der Waals surface area contributed by atoms with E-state index >= 15 is 0 Å². The van der Waals surface area contributed by atoms with Crippen molar-refractivity contribution in [1.29, 1.82) is 5.26 Å². The van der Waals surface area contributed by atoms with E-state index in [-0.39, 0.29) is 5.91 Å². The molecule has 4 nitrogen and oxygen atoms in total. The molecule has 0 spiro atoms. The molecule has 0 bridgehead atoms. The van der Waals surface area contributed by atoms with Crippen molar-refractivity contribution in [2.24, 2.45) is 5.92 Å². The maximum absolute atomic E-state index is 11.6. The van der Waals surface area contributed by atoms with Crippen molar-refractivity contribution in [2.75, 3.05) is 7.11 Å². The highest BCUT2D eigenvalue weighted by Crippen LogP contribution is 2.18. The molecular weight excluding hydrogens is 228 g/mol. The molecule has 0 saturated carbocycles. The molecule has 0 radical (unpaired) electrons. The van der Waals surface area contributed by atoms with Crippen molar-refractivity contribution in [3.63, 3.8) is 0 Å². The third-order valence-electron chi connectivity index (χ3n) is 2.81. The van der Waals surface area contributed by atoms with Gasteiger partial charge in [0.15, 0.2) is 0 Å². The Kier molecular flexibility index (Phi) is 5.19. The van der Waals surface area contributed by atoms with Crippen molar-refractivity contribution in [1.82, 2.24) is 5.32 Å². The molecule has 1 aromatic rings. The number of aryl methyl sites for hydroxylation is 1. The van der Waals surface area contributed by atoms with Gasteiger partial charge in [-0.3, -0.25) is 4.79 Å². The van der Waals surface area contributed by atoms with E-state index in [1.54, 1.807) is 7.11 Å². The molecule has 0 heterocycles. The standard InChI is InChI=1S/C14H18N2O2/c1-4-12(8-15)14(17)16-9-11-5-6-13(18-3)10(2)7-11/h5-7,12H,4,9H2,1-3H3,(H,16,17). The first-order valence-electron chi connectivity index (χ1n) is 5.93. The number of hydrogen-bond donors (Lipinski definition) is 1. The summed E-state index contributed by atoms with van der Waals surface area (Å²) in [5, 5.41) is 11.5. The summed E-state index contributed by atoms with van der Waals surface area (Å²) in [7, 11) is 1.63. The van der Waals surface area contributed by atoms with Crippen molar-refractivity contribution in [3.05, 3.63) is 29.3 Å². The van der Waals surface area contributed by atoms with Gasteiger partial charge in [0.05, 0.1) is 13.2 Å². The number of carbonyl (C=O) groups excluding carboxylic acids is 1. The van der Waals surface area contributed by atoms with Crippen molar-refractivity contribution in [2.45, 2.75) is 26.8 Å². The van der Waals surface area contributed by atoms with E-state index in [1.165, 1.54) is 0 Å². The fourth-order valence-corrected chi connectivity index (χ4v) is 1.70. The third-order valence-corrected chi connectivity index (χ3v) is 2.81. The minimum atomic E-state index is -0.565. The van der Waals surface area contributed by atoms with Gasteiger partial charge in [0.2, 0.25) is 5.91 Å². The average molecular weight is 246 g/mol. The van der Waals surface area contributed by atoms with Crippen LogP contribution >= 0.6 is 0 Å². The van der Waals surface area contributed by atoms with Gasteiger partial charge in [-0.1, -0.05) is 19.1 Å². The highest BCUT2D eigenvalue weighted by molar-refractivity contribution is 5.80. The molecular formula is C14H18N2O2. The maximum atomic E-state index is 11.6. The van der Waals surface area contributed by atoms with Crippen LogP contribution in [0.1, 0.15) is 24.5 Å². The molecule has 4 heteroatoms. The molecule has 1 unspecified atom stereocenters. The van der Waals surface area contributed by atoms with Crippen LogP contribution in [0.2, 0.25) is 0 Å². The zero-order chi connectivity index (χ0) is 13.5. The van der Waals surface area contributed by atoms with E-state index in [2.05, 4.69) is 5.32 Å². The Balaban J connectivity index is 2.62. The fourth-order valence-electron chi connectivity index (χ4n) is 1.70. The van der Waals surface area contributed by atoms with Gasteiger partial charge in [0, 0.05) is 6.54 Å². The zero-order valence-electron chi connectivity index (χ0n) is 11.0. The molecule has 1 aromatic carbocycles. The Bertz CT molecular complexity index is 463. The topological polar surface area (TPSA) is 62.1 Å². The Morgan fingerprint density at radius 3 is 2.78 bits per heavy atom. The van der Waals surface area contributed by atoms with Crippen LogP contribution in [0.15, 0.2) is 18.2 Å². The highest BCUT2D eigenvalue weighted by atomic mass is 16.5. The molecule has 18 heavy (non-hydrogen) atoms. The number of hydrogen-bond acceptors (Lipinski definition) is 3. The highest BCUT2D eigenvalue weighted by Gasteiger charge is 2.14. The Labute approximate surface area is 108 Å². The molecule has 1 rings (SSSR count). The van der Waals surface area contributed by atoms with Crippen molar-refractivity contribution >= 4 is 5.91 Å². The predicted molar refractivity (Wildman–Crippen MR) is 69.0 cm³/mol. The minimum absolute atomic E-state index is 0.214. The molecule has 0 aliphatic rings. The third kappa shape index (κ3) is 3.49. The van der Waals surface area contributed by atoms with E-state index in [9.17, 15) is 4.79 Å². The van der Waals surface area contributed by atoms with Crippen molar-refractivity contribution in [3.8, 4) is 11.8 Å². The molecule has 1 amide bonds. The van der Waals surface area contributed by atoms with Crippen LogP contribution in [0.25, 0.3) is 0 Å². The Morgan fingerprint density at radius 1 is 1.56 bits per heavy atom. The molecule has 96 valence electrons. The van der Waals surface area contributed by atoms with Gasteiger partial charge in [0.1, 0.15) is 11.7 Å². The monoisotopic (exact) mass is 246 g/mol. The van der Waals surface area contributed by atoms with Gasteiger partial charge >= 0.3 is 0 Å². The van der Waals surface area contributed by atoms with Gasteiger partial charge in [-0.25, -0.2) is 0 Å². The van der Waals surface area contributed by atoms with Crippen LogP contribution in [0.4, 0.5) is 0 Å². The molecule has 0 saturated heterocycles. The van der Waals surface area contributed by atoms with Gasteiger partial charge in [-0.05, 0) is 30.5 Å². The largest absolute Gasteiger partial charge is 0.496 e. The van der Waals surface area contributed by atoms with E-state index in [4.69, 9.17) is 10.00 Å². The first kappa shape index (κ1) is 14.0. The summed E-state index contributed by atoms with van der Waals surface area (Å²) < 4.78 is 5.17. The fraction of sp³-hybridized carbons (Fsp3) is 0.429. The van der Waals surface area contributed by atoms with Gasteiger partial charge in [-0.2, -0.15) is 5.26 Å². The quantitative estimate of drug-likeness (QED) is 0.866. The van der Waals surface area contributed by atoms with Gasteiger partial charge in [-0.15, -0.1) is 0 Å². The Morgan fingerprint density at radius 2 is 2.28 bits per heavy atom. The summed E-state index contributed by atoms with van der Waals surface area (Å²) >= 11 is 0. The zero-order valence-corrected chi connectivity index (χ0v) is 11.0. The molecule has 1 N–H and O–H groups in total. The van der Waals surface area contributed by atoms with Crippen LogP contribution in [0, 0.1) is 24.2 Å². The van der Waals surface area contributed by atoms with Crippen molar-refractivity contribution < 1.29 is 9.53 Å². The SMILES string of the molecule is CCC(C#N)C(=O)NCc1ccc(OC)c(C)c1. The average Bonchev–Trinajstić information content (AvgIpc) is 2.38. The van der Waals surface area contributed by atoms with Gasteiger partial charge < -0.3 is 10.1 Å². The normalized spacial score (nSPS) is 11.4. The van der Waals surface area contributed by atoms with Crippen LogP contribution in [-0.2, 0) is 11.3 Å². The molecule has 0 aliphatic carbocycles. The number of ether oxygens (including phenoxy) is 1. The van der Waals surface area contributed by atoms with E-state index in [0.29, 0.717) is 13.0 Å². The number of carbonyl (C=O) groups is 1. The van der Waals surface area contributed by atoms with Crippen LogP contribution in [0.5, 0.6) is 5.75 Å². The molecule has 0 fully saturated rings. The Hall–Kier alpha value is -2.02. The van der Waals surface area contributed by atoms with E-state index in [1.807, 2.05) is 38.1 Å². The second-order valence-corrected chi connectivity index (χ2v) is 4.11. The lowest BCUT2D eigenvalue weighted by molar-refractivity contribution is -0.123. The predicted octanol–water partition coefficient (Wildman–Crippen LogP) is 2.17. The summed E-state index contributed by atoms with van der Waals surface area (Å²) in [6.07, 6.45) is 0.532. The first-order valence-corrected chi connectivity index (χ1v) is 5.93. The number of nitriles is 1. The number of amides is 1. The maximum Gasteiger partial charge on any atom is 0.237 e. The minimum Gasteiger partial charge on any atom is -0.496 e. The summed E-state index contributed by atoms with van der Waals surface area (Å²) in [6.45, 7) is 4.21. The number of benzene rings is 1. The van der Waals surface area contributed by atoms with Crippen LogP contribution < -0.4 is 10.1 Å². The second-order valence-electron chi connectivity index (χ2n) is 4.11.